The van der Waals surface area contributed by atoms with E-state index in [0.29, 0.717) is 6.54 Å². The number of carbonyl (C=O) groups is 1. The monoisotopic (exact) mass is 400 g/mol. The number of urea groups is 1. The van der Waals surface area contributed by atoms with E-state index in [1.165, 1.54) is 0 Å². The van der Waals surface area contributed by atoms with E-state index in [1.807, 2.05) is 81.4 Å². The Morgan fingerprint density at radius 1 is 0.933 bits per heavy atom. The molecule has 30 heavy (non-hydrogen) atoms. The molecule has 1 N–H and O–H groups in total. The number of benzene rings is 3. The van der Waals surface area contributed by atoms with Crippen LogP contribution in [0.4, 0.5) is 16.2 Å². The van der Waals surface area contributed by atoms with Gasteiger partial charge in [-0.05, 0) is 61.7 Å². The van der Waals surface area contributed by atoms with Gasteiger partial charge in [-0.2, -0.15) is 0 Å². The van der Waals surface area contributed by atoms with Crippen LogP contribution in [-0.2, 0) is 0 Å². The minimum absolute atomic E-state index is 0.168. The summed E-state index contributed by atoms with van der Waals surface area (Å²) in [7, 11) is 1.63. The Morgan fingerprint density at radius 3 is 2.17 bits per heavy atom. The summed E-state index contributed by atoms with van der Waals surface area (Å²) in [4.78, 5) is 15.1. The summed E-state index contributed by atoms with van der Waals surface area (Å²) in [5, 5.41) is 3.10. The Balaban J connectivity index is 1.90. The second-order valence-electron chi connectivity index (χ2n) is 7.38. The van der Waals surface area contributed by atoms with E-state index < -0.39 is 0 Å². The Kier molecular flexibility index (Phi) is 6.91. The van der Waals surface area contributed by atoms with Crippen molar-refractivity contribution in [3.63, 3.8) is 0 Å². The highest BCUT2D eigenvalue weighted by Crippen LogP contribution is 2.24. The van der Waals surface area contributed by atoms with Gasteiger partial charge in [0.15, 0.2) is 0 Å². The first kappa shape index (κ1) is 21.2. The number of ether oxygens (including phenoxy) is 1. The second-order valence-corrected chi connectivity index (χ2v) is 7.38. The SMILES string of the molecule is COc1ccc(N(C/C(C)=C/c2ccccc2)C(=O)Nc2c(C)cccc2C)cc1. The van der Waals surface area contributed by atoms with Gasteiger partial charge in [0.1, 0.15) is 5.75 Å². The molecule has 0 saturated carbocycles. The molecule has 0 unspecified atom stereocenters. The molecule has 0 aliphatic heterocycles. The third-order valence-corrected chi connectivity index (χ3v) is 4.96. The third-order valence-electron chi connectivity index (χ3n) is 4.96. The van der Waals surface area contributed by atoms with E-state index in [9.17, 15) is 4.79 Å². The lowest BCUT2D eigenvalue weighted by molar-refractivity contribution is 0.257. The van der Waals surface area contributed by atoms with Gasteiger partial charge >= 0.3 is 6.03 Å². The highest BCUT2D eigenvalue weighted by molar-refractivity contribution is 6.03. The van der Waals surface area contributed by atoms with Crippen molar-refractivity contribution in [1.29, 1.82) is 0 Å². The zero-order valence-electron chi connectivity index (χ0n) is 18.0. The summed E-state index contributed by atoms with van der Waals surface area (Å²) < 4.78 is 5.27. The molecule has 0 bridgehead atoms. The van der Waals surface area contributed by atoms with Crippen molar-refractivity contribution in [2.45, 2.75) is 20.8 Å². The van der Waals surface area contributed by atoms with E-state index in [2.05, 4.69) is 23.5 Å². The number of para-hydroxylation sites is 1. The number of aryl methyl sites for hydroxylation is 2. The fourth-order valence-corrected chi connectivity index (χ4v) is 3.36. The maximum atomic E-state index is 13.3. The molecular weight excluding hydrogens is 372 g/mol. The molecular formula is C26H28N2O2. The molecule has 154 valence electrons. The van der Waals surface area contributed by atoms with Gasteiger partial charge in [-0.3, -0.25) is 4.90 Å². The maximum absolute atomic E-state index is 13.3. The number of carbonyl (C=O) groups excluding carboxylic acids is 1. The normalized spacial score (nSPS) is 11.1. The Hall–Kier alpha value is -3.53. The van der Waals surface area contributed by atoms with Gasteiger partial charge in [-0.15, -0.1) is 0 Å². The van der Waals surface area contributed by atoms with Crippen LogP contribution in [0.1, 0.15) is 23.6 Å². The molecule has 0 saturated heterocycles. The van der Waals surface area contributed by atoms with Crippen LogP contribution in [0, 0.1) is 13.8 Å². The number of nitrogens with one attached hydrogen (secondary N) is 1. The van der Waals surface area contributed by atoms with E-state index in [4.69, 9.17) is 4.74 Å². The van der Waals surface area contributed by atoms with Crippen molar-refractivity contribution >= 4 is 23.5 Å². The molecule has 0 fully saturated rings. The second kappa shape index (κ2) is 9.79. The van der Waals surface area contributed by atoms with Crippen molar-refractivity contribution in [3.05, 3.63) is 95.1 Å². The third kappa shape index (κ3) is 5.29. The summed E-state index contributed by atoms with van der Waals surface area (Å²) in [6.07, 6.45) is 2.10. The number of anilines is 2. The lowest BCUT2D eigenvalue weighted by atomic mass is 10.1. The van der Waals surface area contributed by atoms with E-state index in [1.54, 1.807) is 12.0 Å². The zero-order chi connectivity index (χ0) is 21.5. The van der Waals surface area contributed by atoms with Gasteiger partial charge in [-0.25, -0.2) is 4.79 Å². The molecule has 0 spiro atoms. The van der Waals surface area contributed by atoms with Crippen LogP contribution < -0.4 is 15.0 Å². The summed E-state index contributed by atoms with van der Waals surface area (Å²) >= 11 is 0. The van der Waals surface area contributed by atoms with Gasteiger partial charge in [0.2, 0.25) is 0 Å². The van der Waals surface area contributed by atoms with Crippen LogP contribution in [0.2, 0.25) is 0 Å². The number of hydrogen-bond acceptors (Lipinski definition) is 2. The molecule has 0 atom stereocenters. The summed E-state index contributed by atoms with van der Waals surface area (Å²) in [6, 6.07) is 23.5. The number of nitrogens with zero attached hydrogens (tertiary/aromatic N) is 1. The van der Waals surface area contributed by atoms with Crippen molar-refractivity contribution in [2.75, 3.05) is 23.9 Å². The molecule has 0 aliphatic rings. The van der Waals surface area contributed by atoms with Crippen molar-refractivity contribution in [3.8, 4) is 5.75 Å². The van der Waals surface area contributed by atoms with Crippen molar-refractivity contribution in [2.24, 2.45) is 0 Å². The van der Waals surface area contributed by atoms with Crippen LogP contribution in [0.15, 0.2) is 78.4 Å². The maximum Gasteiger partial charge on any atom is 0.326 e. The van der Waals surface area contributed by atoms with Crippen molar-refractivity contribution in [1.82, 2.24) is 0 Å². The van der Waals surface area contributed by atoms with Crippen LogP contribution >= 0.6 is 0 Å². The van der Waals surface area contributed by atoms with Crippen molar-refractivity contribution < 1.29 is 9.53 Å². The zero-order valence-corrected chi connectivity index (χ0v) is 18.0. The van der Waals surface area contributed by atoms with E-state index >= 15 is 0 Å². The smallest absolute Gasteiger partial charge is 0.326 e. The van der Waals surface area contributed by atoms with E-state index in [-0.39, 0.29) is 6.03 Å². The number of rotatable bonds is 6. The first-order valence-electron chi connectivity index (χ1n) is 9.99. The quantitative estimate of drug-likeness (QED) is 0.516. The molecule has 0 aliphatic carbocycles. The fraction of sp³-hybridized carbons (Fsp3) is 0.192. The van der Waals surface area contributed by atoms with Crippen LogP contribution in [0.25, 0.3) is 6.08 Å². The van der Waals surface area contributed by atoms with Gasteiger partial charge in [-0.1, -0.05) is 60.2 Å². The average molecular weight is 401 g/mol. The molecule has 4 heteroatoms. The number of hydrogen-bond donors (Lipinski definition) is 1. The Bertz CT molecular complexity index is 1000. The Labute approximate surface area is 178 Å². The molecule has 2 amide bonds. The lowest BCUT2D eigenvalue weighted by Crippen LogP contribution is -2.36. The minimum Gasteiger partial charge on any atom is -0.497 e. The molecule has 4 nitrogen and oxygen atoms in total. The highest BCUT2D eigenvalue weighted by atomic mass is 16.5. The van der Waals surface area contributed by atoms with Gasteiger partial charge in [0, 0.05) is 17.9 Å². The molecule has 3 aromatic rings. The molecule has 0 heterocycles. The molecule has 3 aromatic carbocycles. The van der Waals surface area contributed by atoms with Gasteiger partial charge in [0.25, 0.3) is 0 Å². The predicted octanol–water partition coefficient (Wildman–Crippen LogP) is 6.45. The highest BCUT2D eigenvalue weighted by Gasteiger charge is 2.18. The largest absolute Gasteiger partial charge is 0.497 e. The van der Waals surface area contributed by atoms with Crippen LogP contribution in [-0.4, -0.2) is 19.7 Å². The first-order chi connectivity index (χ1) is 14.5. The summed E-state index contributed by atoms with van der Waals surface area (Å²) in [6.45, 7) is 6.51. The Morgan fingerprint density at radius 2 is 1.57 bits per heavy atom. The van der Waals surface area contributed by atoms with Crippen LogP contribution in [0.5, 0.6) is 5.75 Å². The summed E-state index contributed by atoms with van der Waals surface area (Å²) in [5.74, 6) is 0.755. The lowest BCUT2D eigenvalue weighted by Gasteiger charge is -2.25. The van der Waals surface area contributed by atoms with Gasteiger partial charge < -0.3 is 10.1 Å². The minimum atomic E-state index is -0.168. The van der Waals surface area contributed by atoms with E-state index in [0.717, 1.165) is 39.4 Å². The molecule has 0 aromatic heterocycles. The van der Waals surface area contributed by atoms with Gasteiger partial charge in [0.05, 0.1) is 7.11 Å². The topological polar surface area (TPSA) is 41.6 Å². The number of methoxy groups -OCH3 is 1. The molecule has 3 rings (SSSR count). The standard InChI is InChI=1S/C26H28N2O2/c1-19(17-22-11-6-5-7-12-22)18-28(23-13-15-24(30-4)16-14-23)26(29)27-25-20(2)9-8-10-21(25)3/h5-17H,18H2,1-4H3,(H,27,29)/b19-17+. The predicted molar refractivity (Wildman–Crippen MR) is 125 cm³/mol. The summed E-state index contributed by atoms with van der Waals surface area (Å²) in [5.41, 5.74) is 5.92. The average Bonchev–Trinajstić information content (AvgIpc) is 2.75. The van der Waals surface area contributed by atoms with Crippen LogP contribution in [0.3, 0.4) is 0 Å². The molecule has 0 radical (unpaired) electrons. The number of amides is 2. The fourth-order valence-electron chi connectivity index (χ4n) is 3.36. The first-order valence-corrected chi connectivity index (χ1v) is 9.99.